The highest BCUT2D eigenvalue weighted by Gasteiger charge is 2.10. The van der Waals surface area contributed by atoms with Gasteiger partial charge in [-0.05, 0) is 31.5 Å². The van der Waals surface area contributed by atoms with Gasteiger partial charge in [0.05, 0.1) is 18.8 Å². The zero-order valence-electron chi connectivity index (χ0n) is 9.41. The maximum absolute atomic E-state index is 13.4. The lowest BCUT2D eigenvalue weighted by Crippen LogP contribution is -2.21. The highest BCUT2D eigenvalue weighted by Crippen LogP contribution is 2.16. The van der Waals surface area contributed by atoms with Crippen LogP contribution in [0.3, 0.4) is 0 Å². The third kappa shape index (κ3) is 4.60. The summed E-state index contributed by atoms with van der Waals surface area (Å²) >= 11 is 3.19. The summed E-state index contributed by atoms with van der Waals surface area (Å²) in [5, 5.41) is 9.64. The van der Waals surface area contributed by atoms with Crippen molar-refractivity contribution in [2.45, 2.75) is 32.5 Å². The van der Waals surface area contributed by atoms with Gasteiger partial charge in [0.15, 0.2) is 0 Å². The third-order valence-electron chi connectivity index (χ3n) is 2.09. The molecule has 0 aliphatic heterocycles. The number of aliphatic hydroxyl groups excluding tert-OH is 1. The number of hydrogen-bond donors (Lipinski definition) is 1. The molecule has 0 spiro atoms. The Labute approximate surface area is 104 Å². The topological polar surface area (TPSA) is 29.5 Å². The van der Waals surface area contributed by atoms with E-state index in [0.29, 0.717) is 10.0 Å². The lowest BCUT2D eigenvalue weighted by atomic mass is 10.1. The lowest BCUT2D eigenvalue weighted by Gasteiger charge is -2.13. The van der Waals surface area contributed by atoms with Crippen LogP contribution >= 0.6 is 15.9 Å². The second-order valence-corrected chi connectivity index (χ2v) is 4.89. The summed E-state index contributed by atoms with van der Waals surface area (Å²) in [6, 6.07) is 4.82. The van der Waals surface area contributed by atoms with E-state index in [1.54, 1.807) is 12.1 Å². The van der Waals surface area contributed by atoms with Gasteiger partial charge in [-0.3, -0.25) is 0 Å². The van der Waals surface area contributed by atoms with Crippen molar-refractivity contribution in [3.63, 3.8) is 0 Å². The molecule has 0 fully saturated rings. The van der Waals surface area contributed by atoms with Crippen LogP contribution in [0.25, 0.3) is 0 Å². The number of hydrogen-bond acceptors (Lipinski definition) is 2. The molecule has 0 amide bonds. The van der Waals surface area contributed by atoms with Gasteiger partial charge in [-0.25, -0.2) is 4.39 Å². The zero-order chi connectivity index (χ0) is 12.1. The van der Waals surface area contributed by atoms with Gasteiger partial charge in [0.25, 0.3) is 0 Å². The molecule has 0 radical (unpaired) electrons. The Morgan fingerprint density at radius 1 is 1.44 bits per heavy atom. The zero-order valence-corrected chi connectivity index (χ0v) is 11.0. The minimum absolute atomic E-state index is 0.0735. The standard InChI is InChI=1S/C12H16BrFO2/c1-8(2)16-7-11(15)5-9-3-4-10(13)6-12(9)14/h3-4,6,8,11,15H,5,7H2,1-2H3. The van der Waals surface area contributed by atoms with Crippen LogP contribution in [0.2, 0.25) is 0 Å². The Hall–Kier alpha value is -0.450. The first-order valence-corrected chi connectivity index (χ1v) is 6.02. The Balaban J connectivity index is 2.52. The van der Waals surface area contributed by atoms with Gasteiger partial charge in [0, 0.05) is 10.9 Å². The van der Waals surface area contributed by atoms with Crippen molar-refractivity contribution < 1.29 is 14.2 Å². The Bertz CT molecular complexity index is 342. The van der Waals surface area contributed by atoms with Crippen LogP contribution in [0.1, 0.15) is 19.4 Å². The lowest BCUT2D eigenvalue weighted by molar-refractivity contribution is 0.00593. The summed E-state index contributed by atoms with van der Waals surface area (Å²) in [6.07, 6.45) is -0.325. The Morgan fingerprint density at radius 3 is 2.69 bits per heavy atom. The van der Waals surface area contributed by atoms with Crippen molar-refractivity contribution in [3.05, 3.63) is 34.1 Å². The predicted molar refractivity (Wildman–Crippen MR) is 64.9 cm³/mol. The molecule has 0 aliphatic rings. The number of rotatable bonds is 5. The van der Waals surface area contributed by atoms with Crippen LogP contribution in [0.4, 0.5) is 4.39 Å². The predicted octanol–water partition coefficient (Wildman–Crippen LogP) is 2.92. The minimum atomic E-state index is -0.668. The molecule has 0 heterocycles. The summed E-state index contributed by atoms with van der Waals surface area (Å²) in [6.45, 7) is 4.02. The second-order valence-electron chi connectivity index (χ2n) is 3.98. The van der Waals surface area contributed by atoms with E-state index in [1.165, 1.54) is 6.07 Å². The number of ether oxygens (including phenoxy) is 1. The van der Waals surface area contributed by atoms with Gasteiger partial charge in [-0.15, -0.1) is 0 Å². The molecule has 1 rings (SSSR count). The van der Waals surface area contributed by atoms with Crippen molar-refractivity contribution in [2.75, 3.05) is 6.61 Å². The molecule has 0 aromatic heterocycles. The fraction of sp³-hybridized carbons (Fsp3) is 0.500. The smallest absolute Gasteiger partial charge is 0.127 e. The normalized spacial score (nSPS) is 13.1. The van der Waals surface area contributed by atoms with Gasteiger partial charge in [-0.1, -0.05) is 22.0 Å². The summed E-state index contributed by atoms with van der Waals surface area (Å²) in [5.41, 5.74) is 0.503. The summed E-state index contributed by atoms with van der Waals surface area (Å²) in [5.74, 6) is -0.307. The van der Waals surface area contributed by atoms with Crippen molar-refractivity contribution >= 4 is 15.9 Å². The summed E-state index contributed by atoms with van der Waals surface area (Å²) < 4.78 is 19.4. The van der Waals surface area contributed by atoms with E-state index in [2.05, 4.69) is 15.9 Å². The number of benzene rings is 1. The molecule has 0 saturated heterocycles. The van der Waals surface area contributed by atoms with Crippen molar-refractivity contribution in [2.24, 2.45) is 0 Å². The van der Waals surface area contributed by atoms with E-state index in [4.69, 9.17) is 4.74 Å². The van der Waals surface area contributed by atoms with E-state index in [0.717, 1.165) is 0 Å². The molecule has 90 valence electrons. The van der Waals surface area contributed by atoms with Crippen LogP contribution in [-0.2, 0) is 11.2 Å². The van der Waals surface area contributed by atoms with Crippen LogP contribution in [0, 0.1) is 5.82 Å². The second kappa shape index (κ2) is 6.33. The Kier molecular flexibility index (Phi) is 5.38. The molecule has 0 saturated carbocycles. The molecular weight excluding hydrogens is 275 g/mol. The molecule has 2 nitrogen and oxygen atoms in total. The average Bonchev–Trinajstić information content (AvgIpc) is 2.19. The molecule has 1 unspecified atom stereocenters. The Morgan fingerprint density at radius 2 is 2.12 bits per heavy atom. The first kappa shape index (κ1) is 13.6. The number of halogens is 2. The van der Waals surface area contributed by atoms with Gasteiger partial charge < -0.3 is 9.84 Å². The molecular formula is C12H16BrFO2. The van der Waals surface area contributed by atoms with Crippen LogP contribution < -0.4 is 0 Å². The van der Waals surface area contributed by atoms with Crippen LogP contribution in [0.5, 0.6) is 0 Å². The first-order chi connectivity index (χ1) is 7.49. The average molecular weight is 291 g/mol. The summed E-state index contributed by atoms with van der Waals surface area (Å²) in [4.78, 5) is 0. The minimum Gasteiger partial charge on any atom is -0.390 e. The van der Waals surface area contributed by atoms with Gasteiger partial charge in [0.2, 0.25) is 0 Å². The molecule has 1 aromatic carbocycles. The van der Waals surface area contributed by atoms with E-state index < -0.39 is 6.10 Å². The molecule has 1 atom stereocenters. The third-order valence-corrected chi connectivity index (χ3v) is 2.59. The van der Waals surface area contributed by atoms with Crippen molar-refractivity contribution in [1.82, 2.24) is 0 Å². The van der Waals surface area contributed by atoms with Crippen LogP contribution in [-0.4, -0.2) is 23.9 Å². The highest BCUT2D eigenvalue weighted by molar-refractivity contribution is 9.10. The molecule has 0 bridgehead atoms. The SMILES string of the molecule is CC(C)OCC(O)Cc1ccc(Br)cc1F. The maximum atomic E-state index is 13.4. The maximum Gasteiger partial charge on any atom is 0.127 e. The fourth-order valence-corrected chi connectivity index (χ4v) is 1.64. The largest absolute Gasteiger partial charge is 0.390 e. The number of aliphatic hydroxyl groups is 1. The van der Waals surface area contributed by atoms with E-state index in [1.807, 2.05) is 13.8 Å². The van der Waals surface area contributed by atoms with Crippen molar-refractivity contribution in [3.8, 4) is 0 Å². The molecule has 16 heavy (non-hydrogen) atoms. The van der Waals surface area contributed by atoms with Crippen LogP contribution in [0.15, 0.2) is 22.7 Å². The molecule has 4 heteroatoms. The van der Waals surface area contributed by atoms with Crippen molar-refractivity contribution in [1.29, 1.82) is 0 Å². The van der Waals surface area contributed by atoms with Gasteiger partial charge in [0.1, 0.15) is 5.82 Å². The first-order valence-electron chi connectivity index (χ1n) is 5.22. The fourth-order valence-electron chi connectivity index (χ4n) is 1.30. The van der Waals surface area contributed by atoms with E-state index >= 15 is 0 Å². The molecule has 1 aromatic rings. The molecule has 0 aliphatic carbocycles. The summed E-state index contributed by atoms with van der Waals surface area (Å²) in [7, 11) is 0. The van der Waals surface area contributed by atoms with E-state index in [9.17, 15) is 9.50 Å². The highest BCUT2D eigenvalue weighted by atomic mass is 79.9. The van der Waals surface area contributed by atoms with Gasteiger partial charge in [-0.2, -0.15) is 0 Å². The van der Waals surface area contributed by atoms with E-state index in [-0.39, 0.29) is 24.9 Å². The quantitative estimate of drug-likeness (QED) is 0.904. The monoisotopic (exact) mass is 290 g/mol. The molecule has 1 N–H and O–H groups in total. The van der Waals surface area contributed by atoms with Gasteiger partial charge >= 0.3 is 0 Å².